The number of nitrogens with one attached hydrogen (secondary N) is 1. The Kier molecular flexibility index (Phi) is 2.88. The Balaban J connectivity index is 2.17. The van der Waals surface area contributed by atoms with E-state index in [1.807, 2.05) is 13.8 Å². The number of hydrogen-bond acceptors (Lipinski definition) is 4. The number of aromatic nitrogens is 3. The van der Waals surface area contributed by atoms with Gasteiger partial charge in [0.1, 0.15) is 0 Å². The second-order valence-corrected chi connectivity index (χ2v) is 5.44. The van der Waals surface area contributed by atoms with Crippen LogP contribution in [0, 0.1) is 0 Å². The van der Waals surface area contributed by atoms with Crippen molar-refractivity contribution in [2.75, 3.05) is 0 Å². The number of nitrogens with zero attached hydrogens (tertiary/aromatic N) is 2. The van der Waals surface area contributed by atoms with E-state index < -0.39 is 0 Å². The molecule has 0 radical (unpaired) electrons. The van der Waals surface area contributed by atoms with Gasteiger partial charge in [-0.25, -0.2) is 9.89 Å². The third kappa shape index (κ3) is 2.26. The molecule has 0 bridgehead atoms. The first kappa shape index (κ1) is 10.8. The summed E-state index contributed by atoms with van der Waals surface area (Å²) < 4.78 is 1.75. The van der Waals surface area contributed by atoms with Gasteiger partial charge in [0.05, 0.1) is 0 Å². The lowest BCUT2D eigenvalue weighted by molar-refractivity contribution is 0.637. The van der Waals surface area contributed by atoms with Crippen molar-refractivity contribution in [3.63, 3.8) is 0 Å². The van der Waals surface area contributed by atoms with E-state index in [9.17, 15) is 4.79 Å². The maximum Gasteiger partial charge on any atom is 0.344 e. The van der Waals surface area contributed by atoms with E-state index in [4.69, 9.17) is 5.73 Å². The number of hydrogen-bond donors (Lipinski definition) is 2. The van der Waals surface area contributed by atoms with Crippen LogP contribution in [0.15, 0.2) is 9.95 Å². The van der Waals surface area contributed by atoms with Gasteiger partial charge in [-0.15, -0.1) is 5.10 Å². The molecule has 5 nitrogen and oxygen atoms in total. The van der Waals surface area contributed by atoms with Crippen molar-refractivity contribution in [3.05, 3.63) is 10.5 Å². The summed E-state index contributed by atoms with van der Waals surface area (Å²) in [4.78, 5) is 11.5. The van der Waals surface area contributed by atoms with Crippen LogP contribution in [0.1, 0.15) is 32.7 Å². The smallest absolute Gasteiger partial charge is 0.327 e. The number of rotatable bonds is 4. The van der Waals surface area contributed by atoms with Crippen molar-refractivity contribution in [1.82, 2.24) is 14.8 Å². The van der Waals surface area contributed by atoms with Gasteiger partial charge in [-0.05, 0) is 19.8 Å². The topological polar surface area (TPSA) is 76.7 Å². The summed E-state index contributed by atoms with van der Waals surface area (Å²) in [5.74, 6) is 0. The highest BCUT2D eigenvalue weighted by Gasteiger charge is 2.29. The van der Waals surface area contributed by atoms with E-state index in [0.717, 1.165) is 18.0 Å². The number of aromatic amines is 1. The van der Waals surface area contributed by atoms with Crippen LogP contribution in [-0.2, 0) is 0 Å². The van der Waals surface area contributed by atoms with E-state index in [1.54, 1.807) is 16.3 Å². The molecule has 84 valence electrons. The first-order valence-corrected chi connectivity index (χ1v) is 6.06. The van der Waals surface area contributed by atoms with Gasteiger partial charge >= 0.3 is 5.69 Å². The first-order chi connectivity index (χ1) is 7.09. The molecule has 1 fully saturated rings. The summed E-state index contributed by atoms with van der Waals surface area (Å²) >= 11 is 1.56. The Morgan fingerprint density at radius 1 is 1.60 bits per heavy atom. The van der Waals surface area contributed by atoms with Gasteiger partial charge in [0.15, 0.2) is 5.16 Å². The van der Waals surface area contributed by atoms with Crippen molar-refractivity contribution in [2.45, 2.75) is 49.2 Å². The number of nitrogens with two attached hydrogens (primary N) is 1. The lowest BCUT2D eigenvalue weighted by Crippen LogP contribution is -2.27. The van der Waals surface area contributed by atoms with E-state index in [1.165, 1.54) is 0 Å². The van der Waals surface area contributed by atoms with Crippen molar-refractivity contribution in [2.24, 2.45) is 5.73 Å². The van der Waals surface area contributed by atoms with Gasteiger partial charge in [-0.2, -0.15) is 0 Å². The van der Waals surface area contributed by atoms with Gasteiger partial charge in [-0.1, -0.05) is 18.7 Å². The Morgan fingerprint density at radius 3 is 2.80 bits per heavy atom. The molecule has 2 atom stereocenters. The fraction of sp³-hybridized carbons (Fsp3) is 0.778. The maximum atomic E-state index is 11.5. The quantitative estimate of drug-likeness (QED) is 0.745. The lowest BCUT2D eigenvalue weighted by atomic mass is 10.3. The summed E-state index contributed by atoms with van der Waals surface area (Å²) in [5, 5.41) is 7.56. The van der Waals surface area contributed by atoms with Gasteiger partial charge in [0.25, 0.3) is 0 Å². The summed E-state index contributed by atoms with van der Waals surface area (Å²) in [6, 6.07) is 0.452. The fourth-order valence-electron chi connectivity index (χ4n) is 1.30. The predicted octanol–water partition coefficient (Wildman–Crippen LogP) is 0.734. The minimum absolute atomic E-state index is 0.0921. The molecule has 0 amide bonds. The van der Waals surface area contributed by atoms with Crippen LogP contribution < -0.4 is 11.4 Å². The van der Waals surface area contributed by atoms with Crippen LogP contribution in [0.25, 0.3) is 0 Å². The summed E-state index contributed by atoms with van der Waals surface area (Å²) in [5.41, 5.74) is 5.69. The van der Waals surface area contributed by atoms with Crippen molar-refractivity contribution in [1.29, 1.82) is 0 Å². The normalized spacial score (nSPS) is 20.2. The zero-order chi connectivity index (χ0) is 11.0. The third-order valence-corrected chi connectivity index (χ3v) is 3.92. The molecule has 6 heteroatoms. The number of thioether (sulfide) groups is 1. The molecule has 1 aliphatic carbocycles. The molecule has 2 unspecified atom stereocenters. The van der Waals surface area contributed by atoms with E-state index in [2.05, 4.69) is 10.2 Å². The average Bonchev–Trinajstić information content (AvgIpc) is 2.93. The van der Waals surface area contributed by atoms with Crippen LogP contribution in [0.2, 0.25) is 0 Å². The fourth-order valence-corrected chi connectivity index (χ4v) is 2.29. The van der Waals surface area contributed by atoms with Crippen LogP contribution >= 0.6 is 11.8 Å². The molecule has 0 aromatic carbocycles. The van der Waals surface area contributed by atoms with Crippen LogP contribution in [-0.4, -0.2) is 26.1 Å². The molecule has 0 saturated heterocycles. The van der Waals surface area contributed by atoms with Gasteiger partial charge in [0.2, 0.25) is 0 Å². The number of H-pyrrole nitrogens is 1. The standard InChI is InChI=1S/C9H16N4OS/c1-5(10)6(2)15-9-12-11-8(14)13(9)7-3-4-7/h5-7H,3-4,10H2,1-2H3,(H,11,14). The monoisotopic (exact) mass is 228 g/mol. The first-order valence-electron chi connectivity index (χ1n) is 5.18. The molecule has 1 aromatic heterocycles. The molecule has 3 N–H and O–H groups in total. The molecular weight excluding hydrogens is 212 g/mol. The molecule has 1 heterocycles. The molecule has 0 aliphatic heterocycles. The van der Waals surface area contributed by atoms with Crippen LogP contribution in [0.4, 0.5) is 0 Å². The third-order valence-electron chi connectivity index (χ3n) is 2.62. The summed E-state index contributed by atoms with van der Waals surface area (Å²) in [6.07, 6.45) is 2.17. The SMILES string of the molecule is CC(N)C(C)Sc1n[nH]c(=O)n1C1CC1. The minimum Gasteiger partial charge on any atom is -0.327 e. The van der Waals surface area contributed by atoms with Crippen molar-refractivity contribution < 1.29 is 0 Å². The zero-order valence-electron chi connectivity index (χ0n) is 8.93. The van der Waals surface area contributed by atoms with Gasteiger partial charge in [0, 0.05) is 17.3 Å². The van der Waals surface area contributed by atoms with Gasteiger partial charge < -0.3 is 5.73 Å². The lowest BCUT2D eigenvalue weighted by Gasteiger charge is -2.14. The largest absolute Gasteiger partial charge is 0.344 e. The summed E-state index contributed by atoms with van der Waals surface area (Å²) in [6.45, 7) is 4.01. The predicted molar refractivity (Wildman–Crippen MR) is 60.1 cm³/mol. The Bertz CT molecular complexity index is 393. The van der Waals surface area contributed by atoms with Crippen molar-refractivity contribution in [3.8, 4) is 0 Å². The molecule has 1 saturated carbocycles. The average molecular weight is 228 g/mol. The maximum absolute atomic E-state index is 11.5. The van der Waals surface area contributed by atoms with Crippen LogP contribution in [0.5, 0.6) is 0 Å². The van der Waals surface area contributed by atoms with Crippen LogP contribution in [0.3, 0.4) is 0 Å². The Hall–Kier alpha value is -0.750. The highest BCUT2D eigenvalue weighted by atomic mass is 32.2. The molecule has 1 aromatic rings. The summed E-state index contributed by atoms with van der Waals surface area (Å²) in [7, 11) is 0. The molecule has 0 spiro atoms. The molecule has 15 heavy (non-hydrogen) atoms. The highest BCUT2D eigenvalue weighted by molar-refractivity contribution is 7.99. The van der Waals surface area contributed by atoms with Gasteiger partial charge in [-0.3, -0.25) is 4.57 Å². The second-order valence-electron chi connectivity index (χ2n) is 4.09. The van der Waals surface area contributed by atoms with E-state index >= 15 is 0 Å². The zero-order valence-corrected chi connectivity index (χ0v) is 9.75. The Labute approximate surface area is 92.4 Å². The molecule has 2 rings (SSSR count). The minimum atomic E-state index is -0.100. The van der Waals surface area contributed by atoms with Crippen molar-refractivity contribution >= 4 is 11.8 Å². The Morgan fingerprint density at radius 2 is 2.27 bits per heavy atom. The molecule has 1 aliphatic rings. The highest BCUT2D eigenvalue weighted by Crippen LogP contribution is 2.36. The van der Waals surface area contributed by atoms with E-state index in [-0.39, 0.29) is 17.0 Å². The second kappa shape index (κ2) is 4.02. The van der Waals surface area contributed by atoms with E-state index in [0.29, 0.717) is 6.04 Å². The molecular formula is C9H16N4OS.